The van der Waals surface area contributed by atoms with Gasteiger partial charge < -0.3 is 5.11 Å². The standard InChI is InChI=1S/C14H17FO.C5H9F/c1-3-4-11-9(2)5-6-10-7-14(16)13(15)8-12(10)11;1-2-3-4-5-6/h3,7-9,11,16H,1,4-6H2,2H3;3-4H,2,5H2,1H3/b;4-3+. The molecule has 0 bridgehead atoms. The van der Waals surface area contributed by atoms with Crippen molar-refractivity contribution in [1.29, 1.82) is 0 Å². The summed E-state index contributed by atoms with van der Waals surface area (Å²) in [6.07, 6.45) is 9.04. The van der Waals surface area contributed by atoms with Crippen LogP contribution in [0.25, 0.3) is 0 Å². The molecule has 22 heavy (non-hydrogen) atoms. The summed E-state index contributed by atoms with van der Waals surface area (Å²) < 4.78 is 24.5. The van der Waals surface area contributed by atoms with Crippen molar-refractivity contribution in [2.75, 3.05) is 6.67 Å². The summed E-state index contributed by atoms with van der Waals surface area (Å²) in [4.78, 5) is 0. The molecule has 0 aliphatic heterocycles. The third kappa shape index (κ3) is 4.97. The van der Waals surface area contributed by atoms with E-state index in [0.29, 0.717) is 11.8 Å². The van der Waals surface area contributed by atoms with Crippen LogP contribution in [-0.4, -0.2) is 11.8 Å². The van der Waals surface area contributed by atoms with Crippen molar-refractivity contribution in [1.82, 2.24) is 0 Å². The Bertz CT molecular complexity index is 502. The molecule has 1 aliphatic rings. The quantitative estimate of drug-likeness (QED) is 0.708. The van der Waals surface area contributed by atoms with Gasteiger partial charge in [0, 0.05) is 0 Å². The highest BCUT2D eigenvalue weighted by atomic mass is 19.1. The molecule has 0 fully saturated rings. The summed E-state index contributed by atoms with van der Waals surface area (Å²) >= 11 is 0. The van der Waals surface area contributed by atoms with Crippen LogP contribution in [0.5, 0.6) is 5.75 Å². The van der Waals surface area contributed by atoms with Crippen LogP contribution in [0.3, 0.4) is 0 Å². The highest BCUT2D eigenvalue weighted by molar-refractivity contribution is 5.40. The predicted molar refractivity (Wildman–Crippen MR) is 88.5 cm³/mol. The molecule has 0 heterocycles. The first-order valence-corrected chi connectivity index (χ1v) is 7.88. The van der Waals surface area contributed by atoms with E-state index in [4.69, 9.17) is 0 Å². The van der Waals surface area contributed by atoms with Gasteiger partial charge in [-0.1, -0.05) is 32.1 Å². The van der Waals surface area contributed by atoms with E-state index in [1.54, 1.807) is 12.1 Å². The van der Waals surface area contributed by atoms with Crippen LogP contribution in [0.2, 0.25) is 0 Å². The fraction of sp³-hybridized carbons (Fsp3) is 0.474. The topological polar surface area (TPSA) is 20.2 Å². The summed E-state index contributed by atoms with van der Waals surface area (Å²) in [6.45, 7) is 7.61. The maximum Gasteiger partial charge on any atom is 0.165 e. The highest BCUT2D eigenvalue weighted by Crippen LogP contribution is 2.40. The summed E-state index contributed by atoms with van der Waals surface area (Å²) in [5.74, 6) is 0.151. The van der Waals surface area contributed by atoms with Crippen LogP contribution in [-0.2, 0) is 6.42 Å². The minimum Gasteiger partial charge on any atom is -0.505 e. The number of phenolic OH excluding ortho intramolecular Hbond substituents is 1. The normalized spacial score (nSPS) is 20.2. The average molecular weight is 308 g/mol. The Morgan fingerprint density at radius 3 is 2.64 bits per heavy atom. The lowest BCUT2D eigenvalue weighted by atomic mass is 9.74. The highest BCUT2D eigenvalue weighted by Gasteiger charge is 2.26. The van der Waals surface area contributed by atoms with Crippen molar-refractivity contribution in [3.63, 3.8) is 0 Å². The van der Waals surface area contributed by atoms with Crippen LogP contribution >= 0.6 is 0 Å². The Hall–Kier alpha value is -1.64. The van der Waals surface area contributed by atoms with Crippen molar-refractivity contribution in [3.8, 4) is 5.75 Å². The molecule has 2 unspecified atom stereocenters. The van der Waals surface area contributed by atoms with E-state index >= 15 is 0 Å². The third-order valence-corrected chi connectivity index (χ3v) is 4.08. The van der Waals surface area contributed by atoms with E-state index in [-0.39, 0.29) is 12.4 Å². The van der Waals surface area contributed by atoms with E-state index in [2.05, 4.69) is 13.5 Å². The van der Waals surface area contributed by atoms with Gasteiger partial charge in [0.25, 0.3) is 0 Å². The lowest BCUT2D eigenvalue weighted by molar-refractivity contribution is 0.392. The molecule has 2 atom stereocenters. The zero-order chi connectivity index (χ0) is 16.5. The second-order valence-corrected chi connectivity index (χ2v) is 5.68. The molecular weight excluding hydrogens is 282 g/mol. The second kappa shape index (κ2) is 9.39. The Balaban J connectivity index is 0.000000346. The van der Waals surface area contributed by atoms with Gasteiger partial charge in [-0.3, -0.25) is 0 Å². The van der Waals surface area contributed by atoms with Gasteiger partial charge >= 0.3 is 0 Å². The van der Waals surface area contributed by atoms with Gasteiger partial charge in [0.15, 0.2) is 11.6 Å². The van der Waals surface area contributed by atoms with E-state index in [9.17, 15) is 13.9 Å². The van der Waals surface area contributed by atoms with Crippen LogP contribution in [0.1, 0.15) is 50.2 Å². The number of aryl methyl sites for hydroxylation is 1. The lowest BCUT2D eigenvalue weighted by Gasteiger charge is -2.31. The fourth-order valence-electron chi connectivity index (χ4n) is 2.84. The molecule has 3 heteroatoms. The molecular formula is C19H26F2O. The Morgan fingerprint density at radius 2 is 2.09 bits per heavy atom. The van der Waals surface area contributed by atoms with Gasteiger partial charge in [-0.2, -0.15) is 0 Å². The number of allylic oxidation sites excluding steroid dienone is 3. The number of halogens is 2. The SMILES string of the molecule is C=CCC1c2cc(F)c(O)cc2CCC1C.CC/C=C/CF. The molecule has 1 nitrogen and oxygen atoms in total. The smallest absolute Gasteiger partial charge is 0.165 e. The Morgan fingerprint density at radius 1 is 1.36 bits per heavy atom. The number of phenols is 1. The Labute approximate surface area is 132 Å². The minimum atomic E-state index is -0.512. The fourth-order valence-corrected chi connectivity index (χ4v) is 2.84. The molecule has 2 rings (SSSR count). The predicted octanol–water partition coefficient (Wildman–Crippen LogP) is 5.70. The molecule has 0 radical (unpaired) electrons. The minimum absolute atomic E-state index is 0.231. The van der Waals surface area contributed by atoms with Crippen LogP contribution in [0.4, 0.5) is 8.78 Å². The van der Waals surface area contributed by atoms with Crippen molar-refractivity contribution >= 4 is 0 Å². The molecule has 122 valence electrons. The maximum atomic E-state index is 13.4. The maximum absolute atomic E-state index is 13.4. The van der Waals surface area contributed by atoms with Gasteiger partial charge in [0.1, 0.15) is 6.67 Å². The molecule has 1 aliphatic carbocycles. The van der Waals surface area contributed by atoms with E-state index in [0.717, 1.165) is 36.8 Å². The number of rotatable bonds is 4. The number of hydrogen-bond donors (Lipinski definition) is 1. The summed E-state index contributed by atoms with van der Waals surface area (Å²) in [6, 6.07) is 3.07. The van der Waals surface area contributed by atoms with Crippen LogP contribution < -0.4 is 0 Å². The third-order valence-electron chi connectivity index (χ3n) is 4.08. The van der Waals surface area contributed by atoms with Gasteiger partial charge in [-0.15, -0.1) is 6.58 Å². The molecule has 1 aromatic carbocycles. The van der Waals surface area contributed by atoms with Gasteiger partial charge in [-0.05, 0) is 60.8 Å². The average Bonchev–Trinajstić information content (AvgIpc) is 2.51. The molecule has 1 N–H and O–H groups in total. The number of fused-ring (bicyclic) bond motifs is 1. The zero-order valence-electron chi connectivity index (χ0n) is 13.5. The first kappa shape index (κ1) is 18.4. The largest absolute Gasteiger partial charge is 0.505 e. The zero-order valence-corrected chi connectivity index (χ0v) is 13.5. The summed E-state index contributed by atoms with van der Waals surface area (Å²) in [7, 11) is 0. The molecule has 0 saturated carbocycles. The monoisotopic (exact) mass is 308 g/mol. The molecule has 1 aromatic rings. The summed E-state index contributed by atoms with van der Waals surface area (Å²) in [5.41, 5.74) is 2.14. The van der Waals surface area contributed by atoms with Crippen LogP contribution in [0.15, 0.2) is 36.9 Å². The first-order valence-electron chi connectivity index (χ1n) is 7.88. The van der Waals surface area contributed by atoms with Crippen molar-refractivity contribution < 1.29 is 13.9 Å². The lowest BCUT2D eigenvalue weighted by Crippen LogP contribution is -2.18. The van der Waals surface area contributed by atoms with Gasteiger partial charge in [-0.25, -0.2) is 8.78 Å². The first-order chi connectivity index (χ1) is 10.5. The van der Waals surface area contributed by atoms with E-state index in [1.165, 1.54) is 12.1 Å². The van der Waals surface area contributed by atoms with Crippen molar-refractivity contribution in [2.45, 2.75) is 45.4 Å². The van der Waals surface area contributed by atoms with E-state index < -0.39 is 5.82 Å². The molecule has 0 saturated heterocycles. The number of alkyl halides is 1. The molecule has 0 amide bonds. The van der Waals surface area contributed by atoms with Gasteiger partial charge in [0.2, 0.25) is 0 Å². The van der Waals surface area contributed by atoms with E-state index in [1.807, 2.05) is 13.0 Å². The summed E-state index contributed by atoms with van der Waals surface area (Å²) in [5, 5.41) is 9.36. The second-order valence-electron chi connectivity index (χ2n) is 5.68. The number of aromatic hydroxyl groups is 1. The molecule has 0 spiro atoms. The molecule has 0 aromatic heterocycles. The van der Waals surface area contributed by atoms with Crippen molar-refractivity contribution in [2.24, 2.45) is 5.92 Å². The number of hydrogen-bond acceptors (Lipinski definition) is 1. The van der Waals surface area contributed by atoms with Crippen LogP contribution in [0, 0.1) is 11.7 Å². The Kier molecular flexibility index (Phi) is 7.86. The number of benzene rings is 1. The van der Waals surface area contributed by atoms with Gasteiger partial charge in [0.05, 0.1) is 0 Å². The van der Waals surface area contributed by atoms with Crippen molar-refractivity contribution in [3.05, 3.63) is 53.9 Å².